The third kappa shape index (κ3) is 4.84. The normalized spacial score (nSPS) is 11.6. The molecule has 7 nitrogen and oxygen atoms in total. The number of carbonyl (C=O) groups is 2. The monoisotopic (exact) mass is 427 g/mol. The summed E-state index contributed by atoms with van der Waals surface area (Å²) in [4.78, 5) is 28.3. The summed E-state index contributed by atoms with van der Waals surface area (Å²) in [5.41, 5.74) is 7.57. The van der Waals surface area contributed by atoms with Gasteiger partial charge < -0.3 is 20.9 Å². The summed E-state index contributed by atoms with van der Waals surface area (Å²) in [6.45, 7) is 0. The van der Waals surface area contributed by atoms with E-state index in [1.165, 1.54) is 0 Å². The van der Waals surface area contributed by atoms with Crippen LogP contribution in [0.2, 0.25) is 0 Å². The van der Waals surface area contributed by atoms with Crippen molar-refractivity contribution in [1.29, 1.82) is 0 Å². The van der Waals surface area contributed by atoms with Crippen molar-refractivity contribution in [3.05, 3.63) is 96.1 Å². The molecule has 0 radical (unpaired) electrons. The number of nitrogens with one attached hydrogen (secondary N) is 1. The van der Waals surface area contributed by atoms with Crippen LogP contribution in [-0.4, -0.2) is 22.0 Å². The number of nitrogen functional groups attached to an aromatic ring is 1. The number of anilines is 1. The Morgan fingerprint density at radius 3 is 2.41 bits per heavy atom. The van der Waals surface area contributed by atoms with Crippen LogP contribution < -0.4 is 15.8 Å². The molecule has 0 aliphatic rings. The van der Waals surface area contributed by atoms with Crippen LogP contribution in [-0.2, 0) is 4.79 Å². The van der Waals surface area contributed by atoms with E-state index in [4.69, 9.17) is 10.5 Å². The fourth-order valence-electron chi connectivity index (χ4n) is 3.37. The third-order valence-electron chi connectivity index (χ3n) is 4.94. The molecule has 32 heavy (non-hydrogen) atoms. The van der Waals surface area contributed by atoms with E-state index in [1.807, 2.05) is 24.3 Å². The molecular formula is C25H21N3O4. The molecule has 0 unspecified atom stereocenters. The topological polar surface area (TPSA) is 115 Å². The predicted octanol–water partition coefficient (Wildman–Crippen LogP) is 4.56. The van der Waals surface area contributed by atoms with Crippen molar-refractivity contribution >= 4 is 28.6 Å². The fourth-order valence-corrected chi connectivity index (χ4v) is 3.37. The number of nitrogens with two attached hydrogens (primary N) is 1. The molecule has 0 aliphatic heterocycles. The van der Waals surface area contributed by atoms with Gasteiger partial charge in [-0.1, -0.05) is 42.5 Å². The van der Waals surface area contributed by atoms with Crippen molar-refractivity contribution in [3.8, 4) is 11.5 Å². The number of hydrogen-bond donors (Lipinski definition) is 3. The number of carbonyl (C=O) groups excluding carboxylic acids is 1. The SMILES string of the molecule is Nc1ccc2cccc(Oc3ccc(C(=O)N[C@@H](CC(=O)O)c4ccccc4)cc3)c2n1. The lowest BCUT2D eigenvalue weighted by atomic mass is 10.0. The number of rotatable bonds is 7. The van der Waals surface area contributed by atoms with E-state index < -0.39 is 12.0 Å². The van der Waals surface area contributed by atoms with Crippen LogP contribution in [0, 0.1) is 0 Å². The zero-order chi connectivity index (χ0) is 22.5. The van der Waals surface area contributed by atoms with Crippen LogP contribution in [0.4, 0.5) is 5.82 Å². The molecule has 0 bridgehead atoms. The van der Waals surface area contributed by atoms with Crippen LogP contribution in [0.5, 0.6) is 11.5 Å². The minimum atomic E-state index is -0.993. The first-order valence-corrected chi connectivity index (χ1v) is 10.0. The van der Waals surface area contributed by atoms with Crippen LogP contribution in [0.3, 0.4) is 0 Å². The second-order valence-electron chi connectivity index (χ2n) is 7.23. The lowest BCUT2D eigenvalue weighted by Gasteiger charge is -2.17. The summed E-state index contributed by atoms with van der Waals surface area (Å²) in [6.07, 6.45) is -0.214. The molecule has 0 spiro atoms. The maximum Gasteiger partial charge on any atom is 0.305 e. The van der Waals surface area contributed by atoms with E-state index in [2.05, 4.69) is 10.3 Å². The first-order valence-electron chi connectivity index (χ1n) is 10.0. The number of nitrogens with zero attached hydrogens (tertiary/aromatic N) is 1. The van der Waals surface area contributed by atoms with Gasteiger partial charge in [0.2, 0.25) is 0 Å². The van der Waals surface area contributed by atoms with Crippen LogP contribution in [0.25, 0.3) is 10.9 Å². The number of carboxylic acids is 1. The van der Waals surface area contributed by atoms with Crippen LogP contribution in [0.15, 0.2) is 84.9 Å². The van der Waals surface area contributed by atoms with Gasteiger partial charge in [0.1, 0.15) is 17.1 Å². The number of amides is 1. The molecule has 4 aromatic rings. The van der Waals surface area contributed by atoms with Crippen molar-refractivity contribution in [2.24, 2.45) is 0 Å². The highest BCUT2D eigenvalue weighted by Crippen LogP contribution is 2.29. The Kier molecular flexibility index (Phi) is 5.98. The molecule has 4 rings (SSSR count). The Bertz CT molecular complexity index is 1260. The van der Waals surface area contributed by atoms with Crippen molar-refractivity contribution in [2.45, 2.75) is 12.5 Å². The van der Waals surface area contributed by atoms with E-state index >= 15 is 0 Å². The minimum absolute atomic E-state index is 0.214. The molecule has 0 aliphatic carbocycles. The van der Waals surface area contributed by atoms with Gasteiger partial charge in [0.25, 0.3) is 5.91 Å². The number of fused-ring (bicyclic) bond motifs is 1. The highest BCUT2D eigenvalue weighted by molar-refractivity contribution is 5.95. The largest absolute Gasteiger partial charge is 0.481 e. The summed E-state index contributed by atoms with van der Waals surface area (Å²) < 4.78 is 5.96. The quantitative estimate of drug-likeness (QED) is 0.398. The molecule has 1 atom stereocenters. The van der Waals surface area contributed by atoms with Crippen molar-refractivity contribution < 1.29 is 19.4 Å². The average molecular weight is 427 g/mol. The van der Waals surface area contributed by atoms with Crippen molar-refractivity contribution in [3.63, 3.8) is 0 Å². The van der Waals surface area contributed by atoms with Gasteiger partial charge in [-0.05, 0) is 48.0 Å². The molecule has 0 saturated heterocycles. The number of benzene rings is 3. The average Bonchev–Trinajstić information content (AvgIpc) is 2.80. The molecular weight excluding hydrogens is 406 g/mol. The number of aliphatic carboxylic acids is 1. The number of carboxylic acid groups (broad SMARTS) is 1. The molecule has 3 aromatic carbocycles. The van der Waals surface area contributed by atoms with Gasteiger partial charge in [0.05, 0.1) is 12.5 Å². The molecule has 160 valence electrons. The van der Waals surface area contributed by atoms with Gasteiger partial charge in [0, 0.05) is 10.9 Å². The number of hydrogen-bond acceptors (Lipinski definition) is 5. The van der Waals surface area contributed by atoms with Crippen LogP contribution >= 0.6 is 0 Å². The summed E-state index contributed by atoms with van der Waals surface area (Å²) in [7, 11) is 0. The van der Waals surface area contributed by atoms with Gasteiger partial charge in [-0.25, -0.2) is 4.98 Å². The summed E-state index contributed by atoms with van der Waals surface area (Å²) in [5.74, 6) is 0.120. The first-order chi connectivity index (χ1) is 15.5. The third-order valence-corrected chi connectivity index (χ3v) is 4.94. The standard InChI is InChI=1S/C25H21N3O4/c26-22-14-11-17-7-4-8-21(24(17)28-22)32-19-12-9-18(10-13-19)25(31)27-20(15-23(29)30)16-5-2-1-3-6-16/h1-14,20H,15H2,(H2,26,28)(H,27,31)(H,29,30)/t20-/m0/s1. The molecule has 7 heteroatoms. The molecule has 4 N–H and O–H groups in total. The lowest BCUT2D eigenvalue weighted by Crippen LogP contribution is -2.30. The van der Waals surface area contributed by atoms with E-state index in [-0.39, 0.29) is 12.3 Å². The van der Waals surface area contributed by atoms with Crippen LogP contribution in [0.1, 0.15) is 28.4 Å². The van der Waals surface area contributed by atoms with E-state index in [9.17, 15) is 14.7 Å². The second kappa shape index (κ2) is 9.18. The van der Waals surface area contributed by atoms with Gasteiger partial charge in [0.15, 0.2) is 5.75 Å². The number of aromatic nitrogens is 1. The van der Waals surface area contributed by atoms with E-state index in [0.717, 1.165) is 10.9 Å². The van der Waals surface area contributed by atoms with Crippen molar-refractivity contribution in [1.82, 2.24) is 10.3 Å². The highest BCUT2D eigenvalue weighted by atomic mass is 16.5. The fraction of sp³-hybridized carbons (Fsp3) is 0.0800. The Morgan fingerprint density at radius 2 is 1.69 bits per heavy atom. The van der Waals surface area contributed by atoms with Gasteiger partial charge in [-0.2, -0.15) is 0 Å². The molecule has 1 heterocycles. The predicted molar refractivity (Wildman–Crippen MR) is 122 cm³/mol. The van der Waals surface area contributed by atoms with E-state index in [0.29, 0.717) is 28.4 Å². The van der Waals surface area contributed by atoms with Crippen molar-refractivity contribution in [2.75, 3.05) is 5.73 Å². The first kappa shape index (κ1) is 20.9. The number of para-hydroxylation sites is 1. The summed E-state index contributed by atoms with van der Waals surface area (Å²) >= 11 is 0. The number of pyridine rings is 1. The Hall–Kier alpha value is -4.39. The Labute approximate surface area is 184 Å². The highest BCUT2D eigenvalue weighted by Gasteiger charge is 2.19. The maximum atomic E-state index is 12.7. The maximum absolute atomic E-state index is 12.7. The Morgan fingerprint density at radius 1 is 0.938 bits per heavy atom. The van der Waals surface area contributed by atoms with Gasteiger partial charge in [-0.3, -0.25) is 9.59 Å². The number of ether oxygens (including phenoxy) is 1. The zero-order valence-electron chi connectivity index (χ0n) is 17.1. The zero-order valence-corrected chi connectivity index (χ0v) is 17.1. The molecule has 0 fully saturated rings. The smallest absolute Gasteiger partial charge is 0.305 e. The molecule has 1 aromatic heterocycles. The van der Waals surface area contributed by atoms with Gasteiger partial charge >= 0.3 is 5.97 Å². The second-order valence-corrected chi connectivity index (χ2v) is 7.23. The van der Waals surface area contributed by atoms with E-state index in [1.54, 1.807) is 60.7 Å². The summed E-state index contributed by atoms with van der Waals surface area (Å²) in [5, 5.41) is 12.9. The molecule has 0 saturated carbocycles. The Balaban J connectivity index is 1.50. The minimum Gasteiger partial charge on any atom is -0.481 e. The van der Waals surface area contributed by atoms with Gasteiger partial charge in [-0.15, -0.1) is 0 Å². The molecule has 1 amide bonds. The summed E-state index contributed by atoms with van der Waals surface area (Å²) in [6, 6.07) is 24.2. The lowest BCUT2D eigenvalue weighted by molar-refractivity contribution is -0.137.